The first-order chi connectivity index (χ1) is 7.26. The van der Waals surface area contributed by atoms with E-state index >= 15 is 0 Å². The Kier molecular flexibility index (Phi) is 5.43. The number of hydrogen-bond donors (Lipinski definition) is 1. The Morgan fingerprint density at radius 2 is 2.00 bits per heavy atom. The van der Waals surface area contributed by atoms with E-state index in [0.717, 1.165) is 18.8 Å². The van der Waals surface area contributed by atoms with Crippen molar-refractivity contribution in [2.75, 3.05) is 13.6 Å². The lowest BCUT2D eigenvalue weighted by atomic mass is 10.2. The predicted octanol–water partition coefficient (Wildman–Crippen LogP) is 2.39. The molecule has 1 rings (SSSR count). The first-order valence-corrected chi connectivity index (χ1v) is 5.63. The van der Waals surface area contributed by atoms with E-state index < -0.39 is 0 Å². The molecule has 0 saturated heterocycles. The van der Waals surface area contributed by atoms with E-state index in [4.69, 9.17) is 9.52 Å². The van der Waals surface area contributed by atoms with Crippen LogP contribution in [0.5, 0.6) is 0 Å². The highest BCUT2D eigenvalue weighted by Crippen LogP contribution is 2.10. The second-order valence-electron chi connectivity index (χ2n) is 3.97. The van der Waals surface area contributed by atoms with Crippen molar-refractivity contribution in [2.24, 2.45) is 0 Å². The fourth-order valence-electron chi connectivity index (χ4n) is 1.57. The highest BCUT2D eigenvalue weighted by atomic mass is 16.4. The monoisotopic (exact) mass is 211 g/mol. The molecule has 3 heteroatoms. The molecule has 0 aromatic carbocycles. The van der Waals surface area contributed by atoms with Gasteiger partial charge in [-0.15, -0.1) is 0 Å². The summed E-state index contributed by atoms with van der Waals surface area (Å²) in [4.78, 5) is 2.25. The zero-order valence-electron chi connectivity index (χ0n) is 9.70. The summed E-state index contributed by atoms with van der Waals surface area (Å²) in [6.07, 6.45) is 3.77. The number of aliphatic hydroxyl groups is 1. The molecule has 0 saturated carbocycles. The van der Waals surface area contributed by atoms with Crippen molar-refractivity contribution in [1.29, 1.82) is 0 Å². The van der Waals surface area contributed by atoms with E-state index in [9.17, 15) is 0 Å². The van der Waals surface area contributed by atoms with Gasteiger partial charge >= 0.3 is 0 Å². The van der Waals surface area contributed by atoms with Gasteiger partial charge < -0.3 is 9.52 Å². The summed E-state index contributed by atoms with van der Waals surface area (Å²) in [7, 11) is 2.09. The summed E-state index contributed by atoms with van der Waals surface area (Å²) in [5, 5.41) is 8.85. The van der Waals surface area contributed by atoms with Gasteiger partial charge in [-0.05, 0) is 32.1 Å². The summed E-state index contributed by atoms with van der Waals surface area (Å²) >= 11 is 0. The maximum absolute atomic E-state index is 8.85. The van der Waals surface area contributed by atoms with Gasteiger partial charge in [0.1, 0.15) is 18.1 Å². The Labute approximate surface area is 91.7 Å². The van der Waals surface area contributed by atoms with Crippen molar-refractivity contribution in [3.8, 4) is 0 Å². The van der Waals surface area contributed by atoms with Crippen LogP contribution >= 0.6 is 0 Å². The highest BCUT2D eigenvalue weighted by Gasteiger charge is 2.04. The average molecular weight is 211 g/mol. The van der Waals surface area contributed by atoms with Crippen LogP contribution in [0.3, 0.4) is 0 Å². The Balaban J connectivity index is 2.27. The van der Waals surface area contributed by atoms with E-state index in [-0.39, 0.29) is 6.61 Å². The van der Waals surface area contributed by atoms with E-state index in [1.807, 2.05) is 12.1 Å². The minimum Gasteiger partial charge on any atom is -0.462 e. The van der Waals surface area contributed by atoms with Crippen molar-refractivity contribution in [2.45, 2.75) is 39.3 Å². The summed E-state index contributed by atoms with van der Waals surface area (Å²) in [6.45, 7) is 4.12. The largest absolute Gasteiger partial charge is 0.462 e. The molecule has 0 fully saturated rings. The van der Waals surface area contributed by atoms with Crippen molar-refractivity contribution < 1.29 is 9.52 Å². The van der Waals surface area contributed by atoms with Crippen LogP contribution < -0.4 is 0 Å². The van der Waals surface area contributed by atoms with Gasteiger partial charge in [0.25, 0.3) is 0 Å². The van der Waals surface area contributed by atoms with Crippen LogP contribution in [0.15, 0.2) is 16.5 Å². The van der Waals surface area contributed by atoms with Crippen molar-refractivity contribution in [3.63, 3.8) is 0 Å². The lowest BCUT2D eigenvalue weighted by Crippen LogP contribution is -2.18. The van der Waals surface area contributed by atoms with E-state index in [2.05, 4.69) is 18.9 Å². The molecule has 3 nitrogen and oxygen atoms in total. The van der Waals surface area contributed by atoms with Gasteiger partial charge in [-0.2, -0.15) is 0 Å². The third-order valence-corrected chi connectivity index (χ3v) is 2.44. The number of nitrogens with zero attached hydrogens (tertiary/aromatic N) is 1. The van der Waals surface area contributed by atoms with Crippen LogP contribution in [0.25, 0.3) is 0 Å². The number of furan rings is 1. The molecule has 0 aliphatic heterocycles. The minimum atomic E-state index is -0.0143. The molecule has 1 aromatic heterocycles. The minimum absolute atomic E-state index is 0.0143. The van der Waals surface area contributed by atoms with Gasteiger partial charge in [0, 0.05) is 0 Å². The molecule has 0 atom stereocenters. The fourth-order valence-corrected chi connectivity index (χ4v) is 1.57. The summed E-state index contributed by atoms with van der Waals surface area (Å²) in [5.41, 5.74) is 0. The van der Waals surface area contributed by atoms with E-state index in [0.29, 0.717) is 5.76 Å². The standard InChI is InChI=1S/C12H21NO2/c1-3-4-5-8-13(2)9-11-6-7-12(10-14)15-11/h6-7,14H,3-5,8-10H2,1-2H3. The average Bonchev–Trinajstić information content (AvgIpc) is 2.66. The predicted molar refractivity (Wildman–Crippen MR) is 60.5 cm³/mol. The molecule has 1 heterocycles. The zero-order chi connectivity index (χ0) is 11.1. The van der Waals surface area contributed by atoms with Gasteiger partial charge in [-0.3, -0.25) is 4.90 Å². The van der Waals surface area contributed by atoms with Crippen LogP contribution in [0.4, 0.5) is 0 Å². The van der Waals surface area contributed by atoms with Crippen LogP contribution in [0.2, 0.25) is 0 Å². The molecule has 86 valence electrons. The van der Waals surface area contributed by atoms with Crippen molar-refractivity contribution in [1.82, 2.24) is 4.90 Å². The molecular weight excluding hydrogens is 190 g/mol. The molecule has 15 heavy (non-hydrogen) atoms. The zero-order valence-corrected chi connectivity index (χ0v) is 9.70. The lowest BCUT2D eigenvalue weighted by molar-refractivity contribution is 0.232. The van der Waals surface area contributed by atoms with Gasteiger partial charge in [0.05, 0.1) is 6.54 Å². The van der Waals surface area contributed by atoms with Crippen LogP contribution in [-0.2, 0) is 13.2 Å². The Bertz CT molecular complexity index is 270. The number of rotatable bonds is 7. The number of unbranched alkanes of at least 4 members (excludes halogenated alkanes) is 2. The van der Waals surface area contributed by atoms with Crippen molar-refractivity contribution in [3.05, 3.63) is 23.7 Å². The van der Waals surface area contributed by atoms with Crippen LogP contribution in [0.1, 0.15) is 37.7 Å². The lowest BCUT2D eigenvalue weighted by Gasteiger charge is -2.14. The van der Waals surface area contributed by atoms with E-state index in [1.54, 1.807) is 0 Å². The maximum Gasteiger partial charge on any atom is 0.129 e. The molecular formula is C12H21NO2. The molecule has 0 aliphatic rings. The number of aliphatic hydroxyl groups excluding tert-OH is 1. The topological polar surface area (TPSA) is 36.6 Å². The van der Waals surface area contributed by atoms with Gasteiger partial charge in [0.2, 0.25) is 0 Å². The van der Waals surface area contributed by atoms with Crippen LogP contribution in [0, 0.1) is 0 Å². The molecule has 1 N–H and O–H groups in total. The highest BCUT2D eigenvalue weighted by molar-refractivity contribution is 5.06. The normalized spacial score (nSPS) is 11.2. The molecule has 0 amide bonds. The molecule has 0 aliphatic carbocycles. The first-order valence-electron chi connectivity index (χ1n) is 5.63. The van der Waals surface area contributed by atoms with E-state index in [1.165, 1.54) is 19.3 Å². The van der Waals surface area contributed by atoms with Gasteiger partial charge in [-0.1, -0.05) is 19.8 Å². The third-order valence-electron chi connectivity index (χ3n) is 2.44. The van der Waals surface area contributed by atoms with Crippen LogP contribution in [-0.4, -0.2) is 23.6 Å². The summed E-state index contributed by atoms with van der Waals surface area (Å²) in [6, 6.07) is 3.76. The smallest absolute Gasteiger partial charge is 0.129 e. The summed E-state index contributed by atoms with van der Waals surface area (Å²) < 4.78 is 5.42. The van der Waals surface area contributed by atoms with Gasteiger partial charge in [-0.25, -0.2) is 0 Å². The SMILES string of the molecule is CCCCCN(C)Cc1ccc(CO)o1. The maximum atomic E-state index is 8.85. The molecule has 1 aromatic rings. The van der Waals surface area contributed by atoms with Gasteiger partial charge in [0.15, 0.2) is 0 Å². The number of hydrogen-bond acceptors (Lipinski definition) is 3. The second kappa shape index (κ2) is 6.64. The third kappa shape index (κ3) is 4.49. The molecule has 0 bridgehead atoms. The Morgan fingerprint density at radius 1 is 1.27 bits per heavy atom. The Morgan fingerprint density at radius 3 is 2.60 bits per heavy atom. The fraction of sp³-hybridized carbons (Fsp3) is 0.667. The second-order valence-corrected chi connectivity index (χ2v) is 3.97. The quantitative estimate of drug-likeness (QED) is 0.704. The van der Waals surface area contributed by atoms with Crippen molar-refractivity contribution >= 4 is 0 Å². The molecule has 0 unspecified atom stereocenters. The summed E-state index contributed by atoms with van der Waals surface area (Å²) in [5.74, 6) is 1.57. The first kappa shape index (κ1) is 12.3. The Hall–Kier alpha value is -0.800. The molecule has 0 radical (unpaired) electrons. The molecule has 0 spiro atoms.